The summed E-state index contributed by atoms with van der Waals surface area (Å²) in [5, 5.41) is 2.07. The maximum absolute atomic E-state index is 11.3. The summed E-state index contributed by atoms with van der Waals surface area (Å²) < 4.78 is 4.31. The zero-order valence-corrected chi connectivity index (χ0v) is 10.5. The van der Waals surface area contributed by atoms with E-state index in [0.717, 1.165) is 10.5 Å². The Hall–Kier alpha value is -1.69. The number of carbonyl (C=O) groups excluding carboxylic acids is 2. The molecule has 1 aromatic rings. The molecule has 0 radical (unpaired) electrons. The fraction of sp³-hybridized carbons (Fsp3) is 0.273. The van der Waals surface area contributed by atoms with E-state index in [1.807, 2.05) is 25.1 Å². The van der Waals surface area contributed by atoms with E-state index in [0.29, 0.717) is 5.69 Å². The predicted molar refractivity (Wildman–Crippen MR) is 66.9 cm³/mol. The van der Waals surface area contributed by atoms with Crippen molar-refractivity contribution in [3.63, 3.8) is 0 Å². The number of hydrogen-bond donors (Lipinski definition) is 2. The van der Waals surface area contributed by atoms with Crippen molar-refractivity contribution in [3.8, 4) is 0 Å². The predicted octanol–water partition coefficient (Wildman–Crippen LogP) is 1.55. The van der Waals surface area contributed by atoms with Crippen LogP contribution in [-0.4, -0.2) is 24.9 Å². The Bertz CT molecular complexity index is 435. The van der Waals surface area contributed by atoms with Gasteiger partial charge in [0.15, 0.2) is 0 Å². The quantitative estimate of drug-likeness (QED) is 0.632. The molecule has 0 fully saturated rings. The van der Waals surface area contributed by atoms with Gasteiger partial charge in [-0.05, 0) is 18.6 Å². The molecule has 1 aromatic carbocycles. The first-order chi connectivity index (χ1) is 8.04. The normalized spacial score (nSPS) is 9.76. The molecule has 3 N–H and O–H groups in total. The topological polar surface area (TPSA) is 81.4 Å². The highest BCUT2D eigenvalue weighted by Gasteiger charge is 2.09. The molecule has 0 saturated heterocycles. The fourth-order valence-electron chi connectivity index (χ4n) is 1.12. The smallest absolute Gasteiger partial charge is 0.413 e. The molecule has 0 aliphatic carbocycles. The number of para-hydroxylation sites is 1. The van der Waals surface area contributed by atoms with Crippen LogP contribution in [0.1, 0.15) is 5.56 Å². The van der Waals surface area contributed by atoms with Crippen LogP contribution >= 0.6 is 11.8 Å². The van der Waals surface area contributed by atoms with Crippen molar-refractivity contribution in [2.24, 2.45) is 0 Å². The van der Waals surface area contributed by atoms with Gasteiger partial charge in [-0.2, -0.15) is 0 Å². The van der Waals surface area contributed by atoms with Gasteiger partial charge in [0.2, 0.25) is 5.91 Å². The Kier molecular flexibility index (Phi) is 4.84. The first kappa shape index (κ1) is 13.4. The average Bonchev–Trinajstić information content (AvgIpc) is 2.31. The molecule has 0 unspecified atom stereocenters. The van der Waals surface area contributed by atoms with Crippen molar-refractivity contribution >= 4 is 29.4 Å². The van der Waals surface area contributed by atoms with Crippen molar-refractivity contribution in [3.05, 3.63) is 23.8 Å². The van der Waals surface area contributed by atoms with Gasteiger partial charge in [-0.3, -0.25) is 10.1 Å². The summed E-state index contributed by atoms with van der Waals surface area (Å²) >= 11 is 1.28. The lowest BCUT2D eigenvalue weighted by molar-refractivity contribution is -0.117. The molecule has 17 heavy (non-hydrogen) atoms. The van der Waals surface area contributed by atoms with Gasteiger partial charge < -0.3 is 10.5 Å². The van der Waals surface area contributed by atoms with Gasteiger partial charge in [0.05, 0.1) is 12.9 Å². The number of rotatable bonds is 3. The van der Waals surface area contributed by atoms with E-state index < -0.39 is 12.0 Å². The summed E-state index contributed by atoms with van der Waals surface area (Å²) in [5.41, 5.74) is 7.47. The number of imide groups is 1. The Balaban J connectivity index is 2.53. The molecule has 92 valence electrons. The van der Waals surface area contributed by atoms with Crippen LogP contribution in [0.3, 0.4) is 0 Å². The van der Waals surface area contributed by atoms with Crippen LogP contribution in [0, 0.1) is 6.92 Å². The summed E-state index contributed by atoms with van der Waals surface area (Å²) in [4.78, 5) is 22.9. The van der Waals surface area contributed by atoms with Gasteiger partial charge in [0.25, 0.3) is 0 Å². The minimum Gasteiger partial charge on any atom is -0.453 e. The molecule has 0 atom stereocenters. The van der Waals surface area contributed by atoms with Crippen molar-refractivity contribution in [2.75, 3.05) is 18.6 Å². The third-order valence-electron chi connectivity index (χ3n) is 2.07. The highest BCUT2D eigenvalue weighted by molar-refractivity contribution is 8.00. The average molecular weight is 254 g/mol. The zero-order chi connectivity index (χ0) is 12.8. The number of benzene rings is 1. The molecule has 5 nitrogen and oxygen atoms in total. The largest absolute Gasteiger partial charge is 0.453 e. The van der Waals surface area contributed by atoms with Crippen LogP contribution in [0.4, 0.5) is 10.5 Å². The minimum atomic E-state index is -0.757. The third-order valence-corrected chi connectivity index (χ3v) is 3.14. The van der Waals surface area contributed by atoms with E-state index in [9.17, 15) is 9.59 Å². The minimum absolute atomic E-state index is 0.114. The highest BCUT2D eigenvalue weighted by Crippen LogP contribution is 2.26. The van der Waals surface area contributed by atoms with E-state index >= 15 is 0 Å². The number of nitrogens with two attached hydrogens (primary N) is 1. The standard InChI is InChI=1S/C11H14N2O3S/c1-7-4-3-5-8(10(7)12)17-6-9(14)13-11(15)16-2/h3-5H,6,12H2,1-2H3,(H,13,14,15). The molecule has 0 saturated carbocycles. The number of nitrogen functional groups attached to an aromatic ring is 1. The van der Waals surface area contributed by atoms with Gasteiger partial charge in [-0.25, -0.2) is 4.79 Å². The lowest BCUT2D eigenvalue weighted by atomic mass is 10.2. The van der Waals surface area contributed by atoms with Gasteiger partial charge in [-0.1, -0.05) is 12.1 Å². The molecule has 0 bridgehead atoms. The fourth-order valence-corrected chi connectivity index (χ4v) is 1.97. The Morgan fingerprint density at radius 3 is 2.82 bits per heavy atom. The lowest BCUT2D eigenvalue weighted by Crippen LogP contribution is -2.31. The molecule has 0 spiro atoms. The Morgan fingerprint density at radius 1 is 1.47 bits per heavy atom. The second-order valence-electron chi connectivity index (χ2n) is 3.32. The summed E-state index contributed by atoms with van der Waals surface area (Å²) in [5.74, 6) is -0.300. The summed E-state index contributed by atoms with van der Waals surface area (Å²) in [7, 11) is 1.20. The maximum atomic E-state index is 11.3. The van der Waals surface area contributed by atoms with Crippen LogP contribution in [0.15, 0.2) is 23.1 Å². The number of carbonyl (C=O) groups is 2. The number of hydrogen-bond acceptors (Lipinski definition) is 5. The van der Waals surface area contributed by atoms with E-state index in [1.165, 1.54) is 18.9 Å². The molecule has 0 aliphatic rings. The van der Waals surface area contributed by atoms with Gasteiger partial charge in [-0.15, -0.1) is 11.8 Å². The second kappa shape index (κ2) is 6.15. The molecule has 0 aliphatic heterocycles. The van der Waals surface area contributed by atoms with Crippen LogP contribution < -0.4 is 11.1 Å². The monoisotopic (exact) mass is 254 g/mol. The van der Waals surface area contributed by atoms with E-state index in [2.05, 4.69) is 10.1 Å². The van der Waals surface area contributed by atoms with Crippen molar-refractivity contribution < 1.29 is 14.3 Å². The van der Waals surface area contributed by atoms with Crippen molar-refractivity contribution in [2.45, 2.75) is 11.8 Å². The van der Waals surface area contributed by atoms with Crippen LogP contribution in [-0.2, 0) is 9.53 Å². The number of alkyl carbamates (subject to hydrolysis) is 1. The van der Waals surface area contributed by atoms with Crippen LogP contribution in [0.25, 0.3) is 0 Å². The summed E-state index contributed by atoms with van der Waals surface area (Å²) in [6.07, 6.45) is -0.757. The lowest BCUT2D eigenvalue weighted by Gasteiger charge is -2.07. The van der Waals surface area contributed by atoms with Crippen LogP contribution in [0.2, 0.25) is 0 Å². The highest BCUT2D eigenvalue weighted by atomic mass is 32.2. The SMILES string of the molecule is COC(=O)NC(=O)CSc1cccc(C)c1N. The molecular weight excluding hydrogens is 240 g/mol. The maximum Gasteiger partial charge on any atom is 0.413 e. The second-order valence-corrected chi connectivity index (χ2v) is 4.33. The number of anilines is 1. The number of thioether (sulfide) groups is 1. The zero-order valence-electron chi connectivity index (χ0n) is 9.65. The molecule has 0 heterocycles. The van der Waals surface area contributed by atoms with Gasteiger partial charge in [0.1, 0.15) is 0 Å². The van der Waals surface area contributed by atoms with E-state index in [4.69, 9.17) is 5.73 Å². The number of aryl methyl sites for hydroxylation is 1. The molecule has 1 rings (SSSR count). The van der Waals surface area contributed by atoms with Crippen LogP contribution in [0.5, 0.6) is 0 Å². The summed E-state index contributed by atoms with van der Waals surface area (Å²) in [6, 6.07) is 5.60. The Labute approximate surface area is 104 Å². The molecule has 6 heteroatoms. The van der Waals surface area contributed by atoms with E-state index in [-0.39, 0.29) is 5.75 Å². The third kappa shape index (κ3) is 3.99. The molecular formula is C11H14N2O3S. The first-order valence-electron chi connectivity index (χ1n) is 4.90. The molecule has 2 amide bonds. The number of nitrogens with one attached hydrogen (secondary N) is 1. The van der Waals surface area contributed by atoms with Gasteiger partial charge in [0, 0.05) is 10.6 Å². The number of methoxy groups -OCH3 is 1. The Morgan fingerprint density at radius 2 is 2.18 bits per heavy atom. The van der Waals surface area contributed by atoms with Gasteiger partial charge >= 0.3 is 6.09 Å². The molecule has 0 aromatic heterocycles. The van der Waals surface area contributed by atoms with E-state index in [1.54, 1.807) is 0 Å². The van der Waals surface area contributed by atoms with Crippen molar-refractivity contribution in [1.82, 2.24) is 5.32 Å². The summed E-state index contributed by atoms with van der Waals surface area (Å²) in [6.45, 7) is 1.90. The van der Waals surface area contributed by atoms with Crippen molar-refractivity contribution in [1.29, 1.82) is 0 Å². The number of ether oxygens (including phenoxy) is 1. The first-order valence-corrected chi connectivity index (χ1v) is 5.89. The number of amides is 2.